The summed E-state index contributed by atoms with van der Waals surface area (Å²) in [5.74, 6) is -0.213. The van der Waals surface area contributed by atoms with Crippen LogP contribution in [0.2, 0.25) is 0 Å². The molecule has 2 aromatic rings. The molecule has 3 rings (SSSR count). The van der Waals surface area contributed by atoms with Gasteiger partial charge in [-0.25, -0.2) is 4.99 Å². The number of benzene rings is 2. The summed E-state index contributed by atoms with van der Waals surface area (Å²) in [5.41, 5.74) is 1.33. The Morgan fingerprint density at radius 2 is 1.97 bits per heavy atom. The molecule has 0 bridgehead atoms. The maximum Gasteiger partial charge on any atom is 0.306 e. The Kier molecular flexibility index (Phi) is 6.40. The van der Waals surface area contributed by atoms with Gasteiger partial charge >= 0.3 is 5.97 Å². The van der Waals surface area contributed by atoms with Crippen LogP contribution in [0.5, 0.6) is 17.2 Å². The van der Waals surface area contributed by atoms with Gasteiger partial charge in [0.2, 0.25) is 0 Å². The summed E-state index contributed by atoms with van der Waals surface area (Å²) in [4.78, 5) is 27.6. The molecule has 2 aromatic carbocycles. The Bertz CT molecular complexity index is 985. The van der Waals surface area contributed by atoms with Gasteiger partial charge in [0.25, 0.3) is 5.91 Å². The molecule has 1 amide bonds. The average molecular weight is 414 g/mol. The van der Waals surface area contributed by atoms with E-state index in [0.717, 1.165) is 5.56 Å². The maximum atomic E-state index is 12.2. The third-order valence-electron chi connectivity index (χ3n) is 3.79. The molecule has 3 N–H and O–H groups in total. The number of carbonyl (C=O) groups is 2. The number of carbonyl (C=O) groups excluding carboxylic acids is 1. The van der Waals surface area contributed by atoms with Crippen LogP contribution in [0, 0.1) is 0 Å². The molecule has 0 atom stereocenters. The number of carboxylic acids is 1. The predicted octanol–water partition coefficient (Wildman–Crippen LogP) is 3.15. The first-order chi connectivity index (χ1) is 13.9. The molecule has 0 spiro atoms. The van der Waals surface area contributed by atoms with E-state index in [1.807, 2.05) is 0 Å². The van der Waals surface area contributed by atoms with Gasteiger partial charge in [-0.3, -0.25) is 9.59 Å². The number of phenols is 1. The van der Waals surface area contributed by atoms with Crippen LogP contribution < -0.4 is 14.8 Å². The Morgan fingerprint density at radius 1 is 1.21 bits per heavy atom. The van der Waals surface area contributed by atoms with Crippen molar-refractivity contribution in [2.45, 2.75) is 6.42 Å². The summed E-state index contributed by atoms with van der Waals surface area (Å²) < 4.78 is 10.7. The minimum absolute atomic E-state index is 0.0292. The van der Waals surface area contributed by atoms with Crippen LogP contribution in [0.1, 0.15) is 12.0 Å². The predicted molar refractivity (Wildman–Crippen MR) is 110 cm³/mol. The largest absolute Gasteiger partial charge is 0.508 e. The van der Waals surface area contributed by atoms with E-state index in [9.17, 15) is 14.7 Å². The average Bonchev–Trinajstić information content (AvgIpc) is 3.03. The van der Waals surface area contributed by atoms with Crippen molar-refractivity contribution < 1.29 is 29.3 Å². The van der Waals surface area contributed by atoms with Crippen molar-refractivity contribution in [2.24, 2.45) is 4.99 Å². The van der Waals surface area contributed by atoms with Crippen LogP contribution in [-0.4, -0.2) is 41.0 Å². The lowest BCUT2D eigenvalue weighted by Gasteiger charge is -2.10. The van der Waals surface area contributed by atoms with Crippen molar-refractivity contribution in [3.63, 3.8) is 0 Å². The molecule has 0 aliphatic carbocycles. The van der Waals surface area contributed by atoms with Crippen molar-refractivity contribution in [3.8, 4) is 17.2 Å². The van der Waals surface area contributed by atoms with Crippen molar-refractivity contribution in [1.29, 1.82) is 0 Å². The number of thioether (sulfide) groups is 1. The molecule has 0 saturated carbocycles. The highest BCUT2D eigenvalue weighted by atomic mass is 32.2. The number of phenolic OH excluding ortho intramolecular Hbond substituents is 1. The van der Waals surface area contributed by atoms with Gasteiger partial charge in [0, 0.05) is 0 Å². The van der Waals surface area contributed by atoms with Gasteiger partial charge in [0.15, 0.2) is 16.7 Å². The molecule has 29 heavy (non-hydrogen) atoms. The monoisotopic (exact) mass is 414 g/mol. The second-order valence-electron chi connectivity index (χ2n) is 5.90. The minimum Gasteiger partial charge on any atom is -0.508 e. The SMILES string of the molecule is COc1cc(/C=C2/SC(=Nc3ccc(O)cc3)NC2=O)ccc1OCCC(=O)O. The van der Waals surface area contributed by atoms with E-state index in [1.165, 1.54) is 31.0 Å². The molecule has 0 unspecified atom stereocenters. The molecule has 9 heteroatoms. The first-order valence-electron chi connectivity index (χ1n) is 8.56. The topological polar surface area (TPSA) is 117 Å². The van der Waals surface area contributed by atoms with Gasteiger partial charge in [-0.15, -0.1) is 0 Å². The van der Waals surface area contributed by atoms with Crippen molar-refractivity contribution in [1.82, 2.24) is 5.32 Å². The highest BCUT2D eigenvalue weighted by molar-refractivity contribution is 8.18. The van der Waals surface area contributed by atoms with E-state index in [2.05, 4.69) is 10.3 Å². The summed E-state index contributed by atoms with van der Waals surface area (Å²) in [7, 11) is 1.48. The number of carboxylic acid groups (broad SMARTS) is 1. The summed E-state index contributed by atoms with van der Waals surface area (Å²) >= 11 is 1.20. The Morgan fingerprint density at radius 3 is 2.66 bits per heavy atom. The van der Waals surface area contributed by atoms with Crippen LogP contribution >= 0.6 is 11.8 Å². The van der Waals surface area contributed by atoms with E-state index >= 15 is 0 Å². The summed E-state index contributed by atoms with van der Waals surface area (Å²) in [6.07, 6.45) is 1.58. The molecular weight excluding hydrogens is 396 g/mol. The number of methoxy groups -OCH3 is 1. The van der Waals surface area contributed by atoms with Gasteiger partial charge < -0.3 is 25.0 Å². The first-order valence-corrected chi connectivity index (χ1v) is 9.37. The molecule has 0 aromatic heterocycles. The number of rotatable bonds is 7. The quantitative estimate of drug-likeness (QED) is 0.596. The minimum atomic E-state index is -0.945. The lowest BCUT2D eigenvalue weighted by atomic mass is 10.2. The van der Waals surface area contributed by atoms with Crippen LogP contribution in [0.3, 0.4) is 0 Å². The number of amidine groups is 1. The van der Waals surface area contributed by atoms with E-state index < -0.39 is 5.97 Å². The molecule has 1 aliphatic rings. The highest BCUT2D eigenvalue weighted by Gasteiger charge is 2.24. The number of nitrogens with zero attached hydrogens (tertiary/aromatic N) is 1. The fraction of sp³-hybridized carbons (Fsp3) is 0.150. The molecule has 1 saturated heterocycles. The van der Waals surface area contributed by atoms with E-state index in [4.69, 9.17) is 14.6 Å². The summed E-state index contributed by atoms with van der Waals surface area (Å²) in [5, 5.41) is 21.2. The molecule has 0 radical (unpaired) electrons. The number of ether oxygens (including phenoxy) is 2. The first kappa shape index (κ1) is 20.3. The van der Waals surface area contributed by atoms with Gasteiger partial charge in [-0.05, 0) is 59.8 Å². The maximum absolute atomic E-state index is 12.2. The van der Waals surface area contributed by atoms with Gasteiger partial charge in [-0.1, -0.05) is 6.07 Å². The number of hydrogen-bond acceptors (Lipinski definition) is 7. The third-order valence-corrected chi connectivity index (χ3v) is 4.70. The molecule has 1 heterocycles. The Balaban J connectivity index is 1.74. The van der Waals surface area contributed by atoms with Gasteiger partial charge in [0.1, 0.15) is 5.75 Å². The zero-order valence-electron chi connectivity index (χ0n) is 15.4. The molecule has 150 valence electrons. The fourth-order valence-corrected chi connectivity index (χ4v) is 3.26. The molecule has 1 fully saturated rings. The lowest BCUT2D eigenvalue weighted by molar-refractivity contribution is -0.137. The van der Waals surface area contributed by atoms with Gasteiger partial charge in [0.05, 0.1) is 30.7 Å². The molecular formula is C20H18N2O6S. The third kappa shape index (κ3) is 5.52. The van der Waals surface area contributed by atoms with E-state index in [-0.39, 0.29) is 24.7 Å². The summed E-state index contributed by atoms with van der Waals surface area (Å²) in [6, 6.07) is 11.4. The van der Waals surface area contributed by atoms with Crippen LogP contribution in [0.15, 0.2) is 52.4 Å². The van der Waals surface area contributed by atoms with Crippen LogP contribution in [-0.2, 0) is 9.59 Å². The van der Waals surface area contributed by atoms with E-state index in [0.29, 0.717) is 27.3 Å². The lowest BCUT2D eigenvalue weighted by Crippen LogP contribution is -2.19. The van der Waals surface area contributed by atoms with Crippen molar-refractivity contribution in [2.75, 3.05) is 13.7 Å². The number of hydrogen-bond donors (Lipinski definition) is 3. The van der Waals surface area contributed by atoms with Gasteiger partial charge in [-0.2, -0.15) is 0 Å². The fourth-order valence-electron chi connectivity index (χ4n) is 2.42. The normalized spacial score (nSPS) is 16.1. The summed E-state index contributed by atoms with van der Waals surface area (Å²) in [6.45, 7) is 0.0292. The molecule has 1 aliphatic heterocycles. The number of nitrogens with one attached hydrogen (secondary N) is 1. The van der Waals surface area contributed by atoms with Crippen LogP contribution in [0.25, 0.3) is 6.08 Å². The zero-order chi connectivity index (χ0) is 20.8. The number of aliphatic carboxylic acids is 1. The highest BCUT2D eigenvalue weighted by Crippen LogP contribution is 2.32. The number of amides is 1. The Hall–Kier alpha value is -3.46. The van der Waals surface area contributed by atoms with Crippen molar-refractivity contribution >= 4 is 40.6 Å². The zero-order valence-corrected chi connectivity index (χ0v) is 16.2. The smallest absolute Gasteiger partial charge is 0.306 e. The van der Waals surface area contributed by atoms with Crippen molar-refractivity contribution in [3.05, 3.63) is 52.9 Å². The molecule has 8 nitrogen and oxygen atoms in total. The second-order valence-corrected chi connectivity index (χ2v) is 6.93. The number of aliphatic imine (C=N–C) groups is 1. The number of aromatic hydroxyl groups is 1. The second kappa shape index (κ2) is 9.16. The standard InChI is InChI=1S/C20H18N2O6S/c1-27-16-10-12(2-7-15(16)28-9-8-18(24)25)11-17-19(26)22-20(29-17)21-13-3-5-14(23)6-4-13/h2-7,10-11,23H,8-9H2,1H3,(H,24,25)(H,21,22,26)/b17-11+. The van der Waals surface area contributed by atoms with E-state index in [1.54, 1.807) is 36.4 Å². The Labute approximate surface area is 170 Å². The van der Waals surface area contributed by atoms with Crippen LogP contribution in [0.4, 0.5) is 5.69 Å².